The lowest BCUT2D eigenvalue weighted by Crippen LogP contribution is -2.16. The number of carbonyl (C=O) groups is 2. The number of ether oxygens (including phenoxy) is 2. The van der Waals surface area contributed by atoms with Gasteiger partial charge in [-0.2, -0.15) is 5.26 Å². The predicted octanol–water partition coefficient (Wildman–Crippen LogP) is 3.01. The summed E-state index contributed by atoms with van der Waals surface area (Å²) in [5.41, 5.74) is 1.84. The Morgan fingerprint density at radius 2 is 1.79 bits per heavy atom. The molecule has 1 amide bonds. The molecule has 0 bridgehead atoms. The van der Waals surface area contributed by atoms with E-state index in [9.17, 15) is 14.9 Å². The third-order valence-corrected chi connectivity index (χ3v) is 3.72. The van der Waals surface area contributed by atoms with Crippen LogP contribution < -0.4 is 15.4 Å². The fourth-order valence-electron chi connectivity index (χ4n) is 2.30. The molecular formula is C21H21N3O4. The highest BCUT2D eigenvalue weighted by molar-refractivity contribution is 6.06. The summed E-state index contributed by atoms with van der Waals surface area (Å²) in [6.45, 7) is 2.84. The second-order valence-electron chi connectivity index (χ2n) is 5.65. The Labute approximate surface area is 163 Å². The number of benzene rings is 2. The van der Waals surface area contributed by atoms with Crippen LogP contribution in [0.25, 0.3) is 0 Å². The van der Waals surface area contributed by atoms with Crippen molar-refractivity contribution in [2.75, 3.05) is 19.0 Å². The smallest absolute Gasteiger partial charge is 0.337 e. The molecule has 0 fully saturated rings. The molecule has 28 heavy (non-hydrogen) atoms. The lowest BCUT2D eigenvalue weighted by molar-refractivity contribution is -0.112. The van der Waals surface area contributed by atoms with Crippen molar-refractivity contribution in [2.24, 2.45) is 0 Å². The van der Waals surface area contributed by atoms with Crippen LogP contribution in [0, 0.1) is 11.3 Å². The zero-order chi connectivity index (χ0) is 20.4. The summed E-state index contributed by atoms with van der Waals surface area (Å²) in [4.78, 5) is 23.6. The van der Waals surface area contributed by atoms with Crippen molar-refractivity contribution in [3.63, 3.8) is 0 Å². The summed E-state index contributed by atoms with van der Waals surface area (Å²) in [7, 11) is 1.32. The molecule has 0 saturated heterocycles. The molecule has 0 aliphatic heterocycles. The number of nitrogens with one attached hydrogen (secondary N) is 2. The van der Waals surface area contributed by atoms with Crippen molar-refractivity contribution in [1.29, 1.82) is 5.26 Å². The SMILES string of the molecule is CCOc1ccc(NC(=O)/C(C#N)=C\NCc2ccc(C(=O)OC)cc2)cc1. The fraction of sp³-hybridized carbons (Fsp3) is 0.190. The van der Waals surface area contributed by atoms with Gasteiger partial charge in [-0.3, -0.25) is 4.79 Å². The predicted molar refractivity (Wildman–Crippen MR) is 105 cm³/mol. The van der Waals surface area contributed by atoms with Crippen LogP contribution in [0.2, 0.25) is 0 Å². The zero-order valence-corrected chi connectivity index (χ0v) is 15.7. The number of esters is 1. The van der Waals surface area contributed by atoms with Crippen LogP contribution in [0.3, 0.4) is 0 Å². The summed E-state index contributed by atoms with van der Waals surface area (Å²) in [6, 6.07) is 15.6. The van der Waals surface area contributed by atoms with E-state index in [1.54, 1.807) is 48.5 Å². The van der Waals surface area contributed by atoms with Crippen molar-refractivity contribution in [1.82, 2.24) is 5.32 Å². The van der Waals surface area contributed by atoms with E-state index in [-0.39, 0.29) is 5.57 Å². The maximum atomic E-state index is 12.2. The van der Waals surface area contributed by atoms with Crippen molar-refractivity contribution in [3.05, 3.63) is 71.4 Å². The second-order valence-corrected chi connectivity index (χ2v) is 5.65. The van der Waals surface area contributed by atoms with Gasteiger partial charge >= 0.3 is 5.97 Å². The molecule has 0 aromatic heterocycles. The molecule has 2 aromatic rings. The molecule has 2 aromatic carbocycles. The van der Waals surface area contributed by atoms with Crippen LogP contribution in [-0.2, 0) is 16.1 Å². The molecule has 0 saturated carbocycles. The van der Waals surface area contributed by atoms with E-state index in [1.807, 2.05) is 13.0 Å². The summed E-state index contributed by atoms with van der Waals surface area (Å²) in [5, 5.41) is 14.8. The summed E-state index contributed by atoms with van der Waals surface area (Å²) < 4.78 is 9.99. The van der Waals surface area contributed by atoms with Crippen LogP contribution in [0.4, 0.5) is 5.69 Å². The molecule has 0 unspecified atom stereocenters. The first-order valence-electron chi connectivity index (χ1n) is 8.62. The van der Waals surface area contributed by atoms with Crippen LogP contribution in [0.1, 0.15) is 22.8 Å². The van der Waals surface area contributed by atoms with Gasteiger partial charge in [0.15, 0.2) is 0 Å². The molecule has 7 nitrogen and oxygen atoms in total. The van der Waals surface area contributed by atoms with E-state index in [1.165, 1.54) is 13.3 Å². The summed E-state index contributed by atoms with van der Waals surface area (Å²) in [5.74, 6) is -0.214. The standard InChI is InChI=1S/C21H21N3O4/c1-3-28-19-10-8-18(9-11-19)24-20(25)17(12-22)14-23-13-15-4-6-16(7-5-15)21(26)27-2/h4-11,14,23H,3,13H2,1-2H3,(H,24,25)/b17-14-. The van der Waals surface area contributed by atoms with Gasteiger partial charge in [0.2, 0.25) is 0 Å². The number of nitrogens with zero attached hydrogens (tertiary/aromatic N) is 1. The van der Waals surface area contributed by atoms with Gasteiger partial charge in [0.1, 0.15) is 17.4 Å². The van der Waals surface area contributed by atoms with E-state index in [4.69, 9.17) is 4.74 Å². The van der Waals surface area contributed by atoms with Gasteiger partial charge in [-0.1, -0.05) is 12.1 Å². The quantitative estimate of drug-likeness (QED) is 0.415. The van der Waals surface area contributed by atoms with Crippen LogP contribution in [-0.4, -0.2) is 25.6 Å². The molecule has 0 atom stereocenters. The van der Waals surface area contributed by atoms with Crippen LogP contribution in [0.15, 0.2) is 60.3 Å². The number of hydrogen-bond acceptors (Lipinski definition) is 6. The van der Waals surface area contributed by atoms with E-state index in [0.29, 0.717) is 30.2 Å². The van der Waals surface area contributed by atoms with E-state index in [2.05, 4.69) is 15.4 Å². The van der Waals surface area contributed by atoms with Crippen molar-refractivity contribution < 1.29 is 19.1 Å². The minimum absolute atomic E-state index is 0.0555. The third-order valence-electron chi connectivity index (χ3n) is 3.72. The first-order chi connectivity index (χ1) is 13.6. The average molecular weight is 379 g/mol. The Hall–Kier alpha value is -3.79. The monoisotopic (exact) mass is 379 g/mol. The number of anilines is 1. The summed E-state index contributed by atoms with van der Waals surface area (Å²) in [6.07, 6.45) is 1.36. The van der Waals surface area contributed by atoms with E-state index in [0.717, 1.165) is 5.56 Å². The van der Waals surface area contributed by atoms with Gasteiger partial charge in [0.25, 0.3) is 5.91 Å². The normalized spacial score (nSPS) is 10.5. The molecule has 2 N–H and O–H groups in total. The number of nitriles is 1. The van der Waals surface area contributed by atoms with Crippen LogP contribution >= 0.6 is 0 Å². The molecular weight excluding hydrogens is 358 g/mol. The Balaban J connectivity index is 1.92. The van der Waals surface area contributed by atoms with E-state index < -0.39 is 11.9 Å². The number of rotatable bonds is 8. The second kappa shape index (κ2) is 10.4. The maximum Gasteiger partial charge on any atom is 0.337 e. The van der Waals surface area contributed by atoms with Crippen LogP contribution in [0.5, 0.6) is 5.75 Å². The van der Waals surface area contributed by atoms with Gasteiger partial charge < -0.3 is 20.1 Å². The highest BCUT2D eigenvalue weighted by Crippen LogP contribution is 2.16. The largest absolute Gasteiger partial charge is 0.494 e. The molecule has 0 spiro atoms. The Morgan fingerprint density at radius 1 is 1.11 bits per heavy atom. The number of hydrogen-bond donors (Lipinski definition) is 2. The van der Waals surface area contributed by atoms with Crippen molar-refractivity contribution >= 4 is 17.6 Å². The maximum absolute atomic E-state index is 12.2. The molecule has 144 valence electrons. The molecule has 2 rings (SSSR count). The van der Waals surface area contributed by atoms with Crippen molar-refractivity contribution in [2.45, 2.75) is 13.5 Å². The fourth-order valence-corrected chi connectivity index (χ4v) is 2.30. The Kier molecular flexibility index (Phi) is 7.61. The number of amides is 1. The first-order valence-corrected chi connectivity index (χ1v) is 8.62. The zero-order valence-electron chi connectivity index (χ0n) is 15.7. The molecule has 0 aliphatic rings. The molecule has 7 heteroatoms. The number of carbonyl (C=O) groups excluding carboxylic acids is 2. The minimum Gasteiger partial charge on any atom is -0.494 e. The van der Waals surface area contributed by atoms with Gasteiger partial charge in [-0.05, 0) is 48.9 Å². The summed E-state index contributed by atoms with van der Waals surface area (Å²) >= 11 is 0. The lowest BCUT2D eigenvalue weighted by Gasteiger charge is -2.07. The van der Waals surface area contributed by atoms with Gasteiger partial charge in [-0.25, -0.2) is 4.79 Å². The molecule has 0 aliphatic carbocycles. The molecule has 0 radical (unpaired) electrons. The average Bonchev–Trinajstić information content (AvgIpc) is 2.72. The highest BCUT2D eigenvalue weighted by Gasteiger charge is 2.09. The minimum atomic E-state index is -0.514. The molecule has 0 heterocycles. The Bertz CT molecular complexity index is 881. The topological polar surface area (TPSA) is 100 Å². The van der Waals surface area contributed by atoms with Gasteiger partial charge in [0, 0.05) is 18.4 Å². The van der Waals surface area contributed by atoms with Gasteiger partial charge in [0.05, 0.1) is 19.3 Å². The Morgan fingerprint density at radius 3 is 2.36 bits per heavy atom. The first kappa shape index (κ1) is 20.5. The number of methoxy groups -OCH3 is 1. The highest BCUT2D eigenvalue weighted by atomic mass is 16.5. The lowest BCUT2D eigenvalue weighted by atomic mass is 10.1. The van der Waals surface area contributed by atoms with E-state index >= 15 is 0 Å². The van der Waals surface area contributed by atoms with Crippen molar-refractivity contribution in [3.8, 4) is 11.8 Å². The van der Waals surface area contributed by atoms with Gasteiger partial charge in [-0.15, -0.1) is 0 Å². The third kappa shape index (κ3) is 5.88.